The van der Waals surface area contributed by atoms with Crippen LogP contribution in [0.3, 0.4) is 0 Å². The summed E-state index contributed by atoms with van der Waals surface area (Å²) in [5.41, 5.74) is 1.26. The first-order valence-corrected chi connectivity index (χ1v) is 7.82. The molecule has 2 atom stereocenters. The van der Waals surface area contributed by atoms with E-state index in [0.717, 1.165) is 12.3 Å². The van der Waals surface area contributed by atoms with Crippen LogP contribution < -0.4 is 5.32 Å². The Labute approximate surface area is 127 Å². The minimum Gasteiger partial charge on any atom is -0.467 e. The van der Waals surface area contributed by atoms with Crippen molar-refractivity contribution in [2.24, 2.45) is 0 Å². The first-order chi connectivity index (χ1) is 10.2. The quantitative estimate of drug-likeness (QED) is 0.911. The summed E-state index contributed by atoms with van der Waals surface area (Å²) >= 11 is 0. The fourth-order valence-electron chi connectivity index (χ4n) is 3.07. The largest absolute Gasteiger partial charge is 0.467 e. The molecular weight excluding hydrogens is 260 g/mol. The molecule has 1 aromatic carbocycles. The van der Waals surface area contributed by atoms with E-state index in [0.29, 0.717) is 12.1 Å². The zero-order valence-corrected chi connectivity index (χ0v) is 12.8. The summed E-state index contributed by atoms with van der Waals surface area (Å²) in [6.45, 7) is 6.82. The summed E-state index contributed by atoms with van der Waals surface area (Å²) in [4.78, 5) is 2.53. The van der Waals surface area contributed by atoms with Gasteiger partial charge in [-0.05, 0) is 44.5 Å². The van der Waals surface area contributed by atoms with Gasteiger partial charge in [-0.3, -0.25) is 10.2 Å². The Bertz CT molecular complexity index is 536. The third-order valence-corrected chi connectivity index (χ3v) is 4.31. The highest BCUT2D eigenvalue weighted by atomic mass is 16.3. The van der Waals surface area contributed by atoms with Gasteiger partial charge in [-0.15, -0.1) is 0 Å². The molecule has 1 fully saturated rings. The van der Waals surface area contributed by atoms with E-state index in [4.69, 9.17) is 4.42 Å². The Kier molecular flexibility index (Phi) is 4.42. The standard InChI is InChI=1S/C18H24N2O/c1-14(2)20-11-10-16(13-20)19-18(17-9-6-12-21-17)15-7-4-3-5-8-15/h3-9,12,14,16,18-19H,10-11,13H2,1-2H3. The number of rotatable bonds is 5. The predicted molar refractivity (Wildman–Crippen MR) is 85.2 cm³/mol. The summed E-state index contributed by atoms with van der Waals surface area (Å²) in [5.74, 6) is 0.990. The van der Waals surface area contributed by atoms with Crippen LogP contribution in [0.15, 0.2) is 53.1 Å². The lowest BCUT2D eigenvalue weighted by molar-refractivity contribution is 0.265. The third-order valence-electron chi connectivity index (χ3n) is 4.31. The molecule has 2 heterocycles. The maximum absolute atomic E-state index is 5.66. The van der Waals surface area contributed by atoms with Gasteiger partial charge in [-0.25, -0.2) is 0 Å². The second kappa shape index (κ2) is 6.46. The van der Waals surface area contributed by atoms with Crippen LogP contribution in [0.5, 0.6) is 0 Å². The third kappa shape index (κ3) is 3.36. The Morgan fingerprint density at radius 1 is 1.14 bits per heavy atom. The molecule has 21 heavy (non-hydrogen) atoms. The highest BCUT2D eigenvalue weighted by molar-refractivity contribution is 5.26. The number of benzene rings is 1. The van der Waals surface area contributed by atoms with Crippen molar-refractivity contribution >= 4 is 0 Å². The lowest BCUT2D eigenvalue weighted by Crippen LogP contribution is -2.37. The number of nitrogens with one attached hydrogen (secondary N) is 1. The van der Waals surface area contributed by atoms with Crippen LogP contribution >= 0.6 is 0 Å². The fraction of sp³-hybridized carbons (Fsp3) is 0.444. The molecule has 2 unspecified atom stereocenters. The lowest BCUT2D eigenvalue weighted by atomic mass is 10.0. The predicted octanol–water partition coefficient (Wildman–Crippen LogP) is 3.44. The minimum atomic E-state index is 0.137. The molecule has 0 radical (unpaired) electrons. The average molecular weight is 284 g/mol. The minimum absolute atomic E-state index is 0.137. The fourth-order valence-corrected chi connectivity index (χ4v) is 3.07. The molecule has 0 saturated carbocycles. The molecule has 0 amide bonds. The summed E-state index contributed by atoms with van der Waals surface area (Å²) in [6, 6.07) is 15.8. The zero-order valence-electron chi connectivity index (χ0n) is 12.8. The molecular formula is C18H24N2O. The summed E-state index contributed by atoms with van der Waals surface area (Å²) < 4.78 is 5.66. The van der Waals surface area contributed by atoms with Crippen LogP contribution in [0.2, 0.25) is 0 Å². The van der Waals surface area contributed by atoms with Crippen LogP contribution in [0, 0.1) is 0 Å². The van der Waals surface area contributed by atoms with Gasteiger partial charge in [0.25, 0.3) is 0 Å². The number of furan rings is 1. The highest BCUT2D eigenvalue weighted by Crippen LogP contribution is 2.25. The van der Waals surface area contributed by atoms with Crippen molar-refractivity contribution in [1.29, 1.82) is 0 Å². The van der Waals surface area contributed by atoms with Crippen molar-refractivity contribution in [1.82, 2.24) is 10.2 Å². The van der Waals surface area contributed by atoms with Crippen molar-refractivity contribution < 1.29 is 4.42 Å². The highest BCUT2D eigenvalue weighted by Gasteiger charge is 2.27. The first kappa shape index (κ1) is 14.4. The van der Waals surface area contributed by atoms with Gasteiger partial charge in [0.2, 0.25) is 0 Å². The van der Waals surface area contributed by atoms with Gasteiger partial charge in [0.15, 0.2) is 0 Å². The molecule has 0 spiro atoms. The molecule has 3 heteroatoms. The van der Waals surface area contributed by atoms with Crippen LogP contribution in [-0.4, -0.2) is 30.1 Å². The van der Waals surface area contributed by atoms with Crippen LogP contribution in [-0.2, 0) is 0 Å². The van der Waals surface area contributed by atoms with Crippen molar-refractivity contribution in [3.05, 3.63) is 60.1 Å². The number of likely N-dealkylation sites (tertiary alicyclic amines) is 1. The van der Waals surface area contributed by atoms with Gasteiger partial charge in [0, 0.05) is 18.6 Å². The summed E-state index contributed by atoms with van der Waals surface area (Å²) in [7, 11) is 0. The molecule has 0 aliphatic carbocycles. The average Bonchev–Trinajstić information content (AvgIpc) is 3.17. The monoisotopic (exact) mass is 284 g/mol. The second-order valence-corrected chi connectivity index (χ2v) is 6.10. The Morgan fingerprint density at radius 3 is 2.57 bits per heavy atom. The van der Waals surface area contributed by atoms with E-state index in [1.807, 2.05) is 6.07 Å². The molecule has 1 saturated heterocycles. The van der Waals surface area contributed by atoms with Crippen molar-refractivity contribution in [2.75, 3.05) is 13.1 Å². The first-order valence-electron chi connectivity index (χ1n) is 7.82. The maximum atomic E-state index is 5.66. The second-order valence-electron chi connectivity index (χ2n) is 6.10. The Balaban J connectivity index is 1.75. The van der Waals surface area contributed by atoms with E-state index in [2.05, 4.69) is 60.5 Å². The van der Waals surface area contributed by atoms with E-state index in [9.17, 15) is 0 Å². The Morgan fingerprint density at radius 2 is 1.95 bits per heavy atom. The van der Waals surface area contributed by atoms with E-state index in [1.54, 1.807) is 6.26 Å². The zero-order chi connectivity index (χ0) is 14.7. The normalized spacial score (nSPS) is 21.0. The van der Waals surface area contributed by atoms with E-state index < -0.39 is 0 Å². The lowest BCUT2D eigenvalue weighted by Gasteiger charge is -2.24. The number of hydrogen-bond acceptors (Lipinski definition) is 3. The van der Waals surface area contributed by atoms with Gasteiger partial charge in [0.1, 0.15) is 5.76 Å². The van der Waals surface area contributed by atoms with Crippen LogP contribution in [0.1, 0.15) is 37.6 Å². The van der Waals surface area contributed by atoms with Crippen molar-refractivity contribution in [3.63, 3.8) is 0 Å². The summed E-state index contributed by atoms with van der Waals surface area (Å²) in [5, 5.41) is 3.78. The van der Waals surface area contributed by atoms with Gasteiger partial charge >= 0.3 is 0 Å². The molecule has 1 aliphatic rings. The molecule has 0 bridgehead atoms. The van der Waals surface area contributed by atoms with E-state index >= 15 is 0 Å². The van der Waals surface area contributed by atoms with Gasteiger partial charge in [-0.2, -0.15) is 0 Å². The van der Waals surface area contributed by atoms with Crippen molar-refractivity contribution in [3.8, 4) is 0 Å². The van der Waals surface area contributed by atoms with Crippen LogP contribution in [0.25, 0.3) is 0 Å². The summed E-state index contributed by atoms with van der Waals surface area (Å²) in [6.07, 6.45) is 2.95. The molecule has 3 rings (SSSR count). The number of nitrogens with zero attached hydrogens (tertiary/aromatic N) is 1. The molecule has 1 aromatic heterocycles. The maximum Gasteiger partial charge on any atom is 0.125 e. The SMILES string of the molecule is CC(C)N1CCC(NC(c2ccccc2)c2ccco2)C1. The van der Waals surface area contributed by atoms with Gasteiger partial charge in [-0.1, -0.05) is 30.3 Å². The topological polar surface area (TPSA) is 28.4 Å². The molecule has 112 valence electrons. The smallest absolute Gasteiger partial charge is 0.125 e. The van der Waals surface area contributed by atoms with Crippen LogP contribution in [0.4, 0.5) is 0 Å². The molecule has 1 N–H and O–H groups in total. The van der Waals surface area contributed by atoms with E-state index in [1.165, 1.54) is 18.5 Å². The molecule has 3 nitrogen and oxygen atoms in total. The van der Waals surface area contributed by atoms with Crippen molar-refractivity contribution in [2.45, 2.75) is 38.4 Å². The van der Waals surface area contributed by atoms with Gasteiger partial charge in [0.05, 0.1) is 12.3 Å². The molecule has 2 aromatic rings. The number of hydrogen-bond donors (Lipinski definition) is 1. The molecule has 1 aliphatic heterocycles. The van der Waals surface area contributed by atoms with E-state index in [-0.39, 0.29) is 6.04 Å². The Hall–Kier alpha value is -1.58. The van der Waals surface area contributed by atoms with Gasteiger partial charge < -0.3 is 4.42 Å².